The lowest BCUT2D eigenvalue weighted by Crippen LogP contribution is -2.21. The summed E-state index contributed by atoms with van der Waals surface area (Å²) in [5, 5.41) is 28.8. The van der Waals surface area contributed by atoms with Crippen LogP contribution in [0.2, 0.25) is 0 Å². The van der Waals surface area contributed by atoms with Gasteiger partial charge in [0.15, 0.2) is 17.3 Å². The molecule has 3 N–H and O–H groups in total. The Bertz CT molecular complexity index is 1510. The Balaban J connectivity index is 0.000000152. The molecule has 0 amide bonds. The first-order chi connectivity index (χ1) is 17.3. The molecule has 7 heteroatoms. The van der Waals surface area contributed by atoms with E-state index in [4.69, 9.17) is 5.11 Å². The quantitative estimate of drug-likeness (QED) is 0.328. The predicted octanol–water partition coefficient (Wildman–Crippen LogP) is 3.83. The fourth-order valence-electron chi connectivity index (χ4n) is 4.48. The van der Waals surface area contributed by atoms with Gasteiger partial charge in [-0.25, -0.2) is 0 Å². The minimum Gasteiger partial charge on any atom is -0.507 e. The van der Waals surface area contributed by atoms with Crippen LogP contribution in [-0.2, 0) is 6.61 Å². The zero-order valence-electron chi connectivity index (χ0n) is 18.7. The van der Waals surface area contributed by atoms with Crippen LogP contribution < -0.4 is 0 Å². The van der Waals surface area contributed by atoms with Crippen LogP contribution in [-0.4, -0.2) is 38.5 Å². The van der Waals surface area contributed by atoms with Crippen molar-refractivity contribution in [1.29, 1.82) is 0 Å². The summed E-state index contributed by atoms with van der Waals surface area (Å²) in [4.78, 5) is 48.9. The molecule has 0 spiro atoms. The van der Waals surface area contributed by atoms with Crippen molar-refractivity contribution in [2.45, 2.75) is 6.61 Å². The Morgan fingerprint density at radius 3 is 1.42 bits per heavy atom. The molecule has 0 atom stereocenters. The molecule has 36 heavy (non-hydrogen) atoms. The van der Waals surface area contributed by atoms with Crippen LogP contribution in [0.25, 0.3) is 0 Å². The summed E-state index contributed by atoms with van der Waals surface area (Å²) in [5.41, 5.74) is 2.26. The number of aromatic hydroxyl groups is 2. The van der Waals surface area contributed by atoms with Crippen LogP contribution in [0.4, 0.5) is 0 Å². The van der Waals surface area contributed by atoms with Gasteiger partial charge < -0.3 is 15.3 Å². The third-order valence-corrected chi connectivity index (χ3v) is 6.18. The number of carbonyl (C=O) groups excluding carboxylic acids is 4. The van der Waals surface area contributed by atoms with Gasteiger partial charge >= 0.3 is 0 Å². The molecular weight excluding hydrogens is 460 g/mol. The fraction of sp³-hybridized carbons (Fsp3) is 0.0345. The van der Waals surface area contributed by atoms with E-state index in [0.29, 0.717) is 27.8 Å². The second-order valence-electron chi connectivity index (χ2n) is 8.30. The molecule has 2 aliphatic carbocycles. The van der Waals surface area contributed by atoms with Crippen LogP contribution >= 0.6 is 0 Å². The molecule has 0 aromatic heterocycles. The average molecular weight is 478 g/mol. The van der Waals surface area contributed by atoms with E-state index in [0.717, 1.165) is 0 Å². The van der Waals surface area contributed by atoms with Crippen molar-refractivity contribution in [2.24, 2.45) is 0 Å². The highest BCUT2D eigenvalue weighted by atomic mass is 16.3. The minimum absolute atomic E-state index is 0.0390. The van der Waals surface area contributed by atoms with Gasteiger partial charge in [0.05, 0.1) is 17.7 Å². The smallest absolute Gasteiger partial charge is 0.201 e. The highest BCUT2D eigenvalue weighted by Crippen LogP contribution is 2.37. The van der Waals surface area contributed by atoms with Crippen molar-refractivity contribution in [3.05, 3.63) is 129 Å². The van der Waals surface area contributed by atoms with Crippen molar-refractivity contribution in [3.63, 3.8) is 0 Å². The van der Waals surface area contributed by atoms with Crippen molar-refractivity contribution in [2.75, 3.05) is 0 Å². The summed E-state index contributed by atoms with van der Waals surface area (Å²) in [5.74, 6) is -1.86. The molecule has 0 saturated carbocycles. The van der Waals surface area contributed by atoms with Crippen molar-refractivity contribution < 1.29 is 34.5 Å². The molecule has 176 valence electrons. The lowest BCUT2D eigenvalue weighted by Gasteiger charge is -2.19. The van der Waals surface area contributed by atoms with Crippen molar-refractivity contribution in [3.8, 4) is 11.5 Å². The van der Waals surface area contributed by atoms with E-state index in [1.54, 1.807) is 48.5 Å². The molecule has 0 saturated heterocycles. The molecule has 0 aliphatic heterocycles. The SMILES string of the molecule is O=C1c2cccc(O)c2C(=O)c2c(O)cc(CO)cc21.O=C1c2ccccc2C(=O)c2ccccc21. The third-order valence-electron chi connectivity index (χ3n) is 6.18. The number of phenols is 2. The monoisotopic (exact) mass is 478 g/mol. The summed E-state index contributed by atoms with van der Waals surface area (Å²) in [6, 6.07) is 20.7. The molecule has 6 rings (SSSR count). The van der Waals surface area contributed by atoms with Crippen LogP contribution in [0.15, 0.2) is 78.9 Å². The van der Waals surface area contributed by atoms with Crippen LogP contribution in [0.3, 0.4) is 0 Å². The second-order valence-corrected chi connectivity index (χ2v) is 8.30. The maximum Gasteiger partial charge on any atom is 0.201 e. The first-order valence-electron chi connectivity index (χ1n) is 11.0. The number of aliphatic hydroxyl groups excluding tert-OH is 1. The van der Waals surface area contributed by atoms with E-state index in [-0.39, 0.29) is 51.9 Å². The predicted molar refractivity (Wildman–Crippen MR) is 129 cm³/mol. The molecule has 7 nitrogen and oxygen atoms in total. The Morgan fingerprint density at radius 2 is 0.917 bits per heavy atom. The number of benzene rings is 4. The number of aliphatic hydroxyl groups is 1. The van der Waals surface area contributed by atoms with Gasteiger partial charge in [-0.15, -0.1) is 0 Å². The van der Waals surface area contributed by atoms with E-state index in [1.807, 2.05) is 0 Å². The van der Waals surface area contributed by atoms with E-state index < -0.39 is 11.6 Å². The first kappa shape index (κ1) is 22.9. The molecule has 0 fully saturated rings. The average Bonchev–Trinajstić information content (AvgIpc) is 2.90. The second kappa shape index (κ2) is 8.72. The number of carbonyl (C=O) groups is 4. The number of hydrogen-bond donors (Lipinski definition) is 3. The lowest BCUT2D eigenvalue weighted by atomic mass is 9.82. The maximum absolute atomic E-state index is 12.4. The number of rotatable bonds is 1. The molecule has 0 heterocycles. The lowest BCUT2D eigenvalue weighted by molar-refractivity contribution is 0.0974. The molecular formula is C29H18O7. The summed E-state index contributed by atoms with van der Waals surface area (Å²) >= 11 is 0. The zero-order valence-corrected chi connectivity index (χ0v) is 18.7. The van der Waals surface area contributed by atoms with Gasteiger partial charge in [-0.05, 0) is 23.8 Å². The Morgan fingerprint density at radius 1 is 0.472 bits per heavy atom. The maximum atomic E-state index is 12.4. The molecule has 0 bridgehead atoms. The highest BCUT2D eigenvalue weighted by molar-refractivity contribution is 6.30. The Kier molecular flexibility index (Phi) is 5.54. The van der Waals surface area contributed by atoms with Gasteiger partial charge in [-0.1, -0.05) is 60.7 Å². The number of ketones is 4. The fourth-order valence-corrected chi connectivity index (χ4v) is 4.48. The van der Waals surface area contributed by atoms with Gasteiger partial charge in [0.2, 0.25) is 5.78 Å². The van der Waals surface area contributed by atoms with E-state index in [9.17, 15) is 29.4 Å². The Labute approximate surface area is 204 Å². The third kappa shape index (κ3) is 3.50. The number of phenolic OH excluding ortho intramolecular Hbond substituents is 2. The van der Waals surface area contributed by atoms with E-state index >= 15 is 0 Å². The highest BCUT2D eigenvalue weighted by Gasteiger charge is 2.34. The van der Waals surface area contributed by atoms with Gasteiger partial charge in [0, 0.05) is 33.4 Å². The normalized spacial score (nSPS) is 13.1. The standard InChI is InChI=1S/C15H10O5.C14H8O2/c16-6-7-4-9-13(11(18)5-7)15(20)12-8(14(9)19)2-1-3-10(12)17;15-13-9-5-1-2-6-10(9)14(16)12-8-4-3-7-11(12)13/h1-5,16-18H,6H2;1-8H. The summed E-state index contributed by atoms with van der Waals surface area (Å²) < 4.78 is 0. The summed E-state index contributed by atoms with van der Waals surface area (Å²) in [7, 11) is 0. The topological polar surface area (TPSA) is 129 Å². The zero-order chi connectivity index (χ0) is 25.6. The largest absolute Gasteiger partial charge is 0.507 e. The summed E-state index contributed by atoms with van der Waals surface area (Å²) in [6.07, 6.45) is 0. The first-order valence-corrected chi connectivity index (χ1v) is 11.0. The number of fused-ring (bicyclic) bond motifs is 4. The molecule has 4 aromatic rings. The van der Waals surface area contributed by atoms with Gasteiger partial charge in [-0.2, -0.15) is 0 Å². The van der Waals surface area contributed by atoms with Gasteiger partial charge in [0.25, 0.3) is 0 Å². The molecule has 2 aliphatic rings. The molecule has 0 radical (unpaired) electrons. The van der Waals surface area contributed by atoms with Gasteiger partial charge in [0.1, 0.15) is 11.5 Å². The van der Waals surface area contributed by atoms with Crippen LogP contribution in [0.1, 0.15) is 69.2 Å². The Hall–Kier alpha value is -4.88. The molecule has 0 unspecified atom stereocenters. The summed E-state index contributed by atoms with van der Waals surface area (Å²) in [6.45, 7) is -0.352. The van der Waals surface area contributed by atoms with E-state index in [2.05, 4.69) is 0 Å². The van der Waals surface area contributed by atoms with Gasteiger partial charge in [-0.3, -0.25) is 19.2 Å². The molecule has 4 aromatic carbocycles. The van der Waals surface area contributed by atoms with Crippen molar-refractivity contribution >= 4 is 23.1 Å². The minimum atomic E-state index is -0.602. The van der Waals surface area contributed by atoms with Crippen molar-refractivity contribution in [1.82, 2.24) is 0 Å². The van der Waals surface area contributed by atoms with Crippen LogP contribution in [0.5, 0.6) is 11.5 Å². The number of hydrogen-bond acceptors (Lipinski definition) is 7. The van der Waals surface area contributed by atoms with Crippen LogP contribution in [0, 0.1) is 0 Å². The van der Waals surface area contributed by atoms with E-state index in [1.165, 1.54) is 30.3 Å².